The number of aliphatic hydroxyl groups is 1. The Morgan fingerprint density at radius 1 is 0.920 bits per heavy atom. The minimum absolute atomic E-state index is 0.0548. The molecule has 2 N–H and O–H groups in total. The fourth-order valence-electron chi connectivity index (χ4n) is 8.02. The third kappa shape index (κ3) is 6.48. The number of nitrogens with zero attached hydrogens (tertiary/aromatic N) is 3. The summed E-state index contributed by atoms with van der Waals surface area (Å²) in [6, 6.07) is 16.3. The van der Waals surface area contributed by atoms with Gasteiger partial charge in [-0.25, -0.2) is 0 Å². The van der Waals surface area contributed by atoms with Gasteiger partial charge in [0, 0.05) is 39.1 Å². The van der Waals surface area contributed by atoms with Gasteiger partial charge in [-0.15, -0.1) is 0 Å². The number of hydrogen-bond acceptors (Lipinski definition) is 9. The number of benzene rings is 2. The van der Waals surface area contributed by atoms with Gasteiger partial charge in [0.1, 0.15) is 23.7 Å². The van der Waals surface area contributed by atoms with E-state index in [1.54, 1.807) is 17.1 Å². The number of morpholine rings is 1. The number of carbonyl (C=O) groups is 4. The van der Waals surface area contributed by atoms with Crippen molar-refractivity contribution in [3.05, 3.63) is 96.1 Å². The van der Waals surface area contributed by atoms with Crippen molar-refractivity contribution in [2.75, 3.05) is 59.1 Å². The molecule has 264 valence electrons. The number of rotatable bonds is 7. The Morgan fingerprint density at radius 3 is 2.40 bits per heavy atom. The molecule has 0 saturated carbocycles. The smallest absolute Gasteiger partial charge is 0.313 e. The van der Waals surface area contributed by atoms with Crippen LogP contribution in [0.3, 0.4) is 0 Å². The lowest BCUT2D eigenvalue weighted by Gasteiger charge is -2.39. The number of hydrogen-bond donors (Lipinski definition) is 2. The van der Waals surface area contributed by atoms with E-state index in [1.807, 2.05) is 72.8 Å². The van der Waals surface area contributed by atoms with Crippen LogP contribution in [0.25, 0.3) is 0 Å². The van der Waals surface area contributed by atoms with E-state index in [1.165, 1.54) is 4.90 Å². The van der Waals surface area contributed by atoms with Crippen molar-refractivity contribution in [1.82, 2.24) is 20.0 Å². The molecule has 1 spiro atoms. The fourth-order valence-corrected chi connectivity index (χ4v) is 8.02. The highest BCUT2D eigenvalue weighted by atomic mass is 16.6. The average molecular weight is 685 g/mol. The van der Waals surface area contributed by atoms with Crippen LogP contribution in [0.5, 0.6) is 0 Å². The summed E-state index contributed by atoms with van der Waals surface area (Å²) in [4.78, 5) is 62.4. The molecule has 5 aliphatic heterocycles. The van der Waals surface area contributed by atoms with Gasteiger partial charge < -0.3 is 34.4 Å². The first-order chi connectivity index (χ1) is 24.4. The number of carbonyl (C=O) groups excluding carboxylic acids is 4. The number of cyclic esters (lactones) is 1. The van der Waals surface area contributed by atoms with E-state index >= 15 is 4.79 Å². The molecule has 7 atom stereocenters. The van der Waals surface area contributed by atoms with Gasteiger partial charge in [0.2, 0.25) is 17.7 Å². The first-order valence-electron chi connectivity index (χ1n) is 17.5. The highest BCUT2D eigenvalue weighted by Crippen LogP contribution is 2.57. The number of esters is 1. The van der Waals surface area contributed by atoms with Gasteiger partial charge in [-0.3, -0.25) is 24.1 Å². The molecule has 5 aliphatic rings. The average Bonchev–Trinajstić information content (AvgIpc) is 3.79. The summed E-state index contributed by atoms with van der Waals surface area (Å²) in [7, 11) is 0. The minimum atomic E-state index is -1.45. The lowest BCUT2D eigenvalue weighted by molar-refractivity contribution is -0.160. The van der Waals surface area contributed by atoms with Gasteiger partial charge in [0.25, 0.3) is 0 Å². The van der Waals surface area contributed by atoms with Crippen molar-refractivity contribution in [3.63, 3.8) is 0 Å². The Labute approximate surface area is 291 Å². The van der Waals surface area contributed by atoms with Crippen LogP contribution in [0.4, 0.5) is 0 Å². The highest BCUT2D eigenvalue weighted by molar-refractivity contribution is 5.99. The van der Waals surface area contributed by atoms with E-state index < -0.39 is 60.2 Å². The molecule has 7 rings (SSSR count). The number of likely N-dealkylation sites (tertiary alicyclic amines) is 1. The maximum atomic E-state index is 15.1. The number of amides is 3. The van der Waals surface area contributed by atoms with Crippen molar-refractivity contribution >= 4 is 23.7 Å². The molecular formula is C38H44N4O8. The van der Waals surface area contributed by atoms with Gasteiger partial charge >= 0.3 is 5.97 Å². The van der Waals surface area contributed by atoms with Crippen LogP contribution < -0.4 is 5.32 Å². The molecular weight excluding hydrogens is 640 g/mol. The molecule has 3 fully saturated rings. The number of nitrogens with one attached hydrogen (secondary N) is 1. The Morgan fingerprint density at radius 2 is 1.66 bits per heavy atom. The third-order valence-corrected chi connectivity index (χ3v) is 10.6. The van der Waals surface area contributed by atoms with Crippen LogP contribution in [-0.2, 0) is 33.4 Å². The Kier molecular flexibility index (Phi) is 10.1. The van der Waals surface area contributed by atoms with Crippen molar-refractivity contribution in [2.24, 2.45) is 11.8 Å². The largest absolute Gasteiger partial charge is 0.455 e. The molecule has 5 heterocycles. The predicted molar refractivity (Wildman–Crippen MR) is 181 cm³/mol. The van der Waals surface area contributed by atoms with Gasteiger partial charge in [-0.2, -0.15) is 0 Å². The molecule has 0 aromatic heterocycles. The highest BCUT2D eigenvalue weighted by Gasteiger charge is 2.74. The summed E-state index contributed by atoms with van der Waals surface area (Å²) in [5, 5.41) is 13.8. The summed E-state index contributed by atoms with van der Waals surface area (Å²) >= 11 is 0. The lowest BCUT2D eigenvalue weighted by Crippen LogP contribution is -2.57. The van der Waals surface area contributed by atoms with Crippen LogP contribution in [0, 0.1) is 11.8 Å². The van der Waals surface area contributed by atoms with Crippen molar-refractivity contribution in [2.45, 2.75) is 42.7 Å². The topological polar surface area (TPSA) is 138 Å². The van der Waals surface area contributed by atoms with E-state index in [2.05, 4.69) is 10.2 Å². The quantitative estimate of drug-likeness (QED) is 0.330. The summed E-state index contributed by atoms with van der Waals surface area (Å²) in [6.45, 7) is 3.55. The first-order valence-corrected chi connectivity index (χ1v) is 17.5. The van der Waals surface area contributed by atoms with E-state index in [0.29, 0.717) is 43.9 Å². The van der Waals surface area contributed by atoms with Gasteiger partial charge in [0.15, 0.2) is 0 Å². The second-order valence-corrected chi connectivity index (χ2v) is 13.4. The van der Waals surface area contributed by atoms with Crippen LogP contribution in [-0.4, -0.2) is 120 Å². The molecule has 50 heavy (non-hydrogen) atoms. The molecule has 3 saturated heterocycles. The number of ether oxygens (including phenoxy) is 3. The van der Waals surface area contributed by atoms with Crippen LogP contribution in [0.2, 0.25) is 0 Å². The van der Waals surface area contributed by atoms with Gasteiger partial charge in [-0.05, 0) is 17.5 Å². The fraction of sp³-hybridized carbons (Fsp3) is 0.474. The summed E-state index contributed by atoms with van der Waals surface area (Å²) < 4.78 is 18.3. The molecule has 0 aliphatic carbocycles. The zero-order valence-electron chi connectivity index (χ0n) is 28.0. The number of allylic oxidation sites excluding steroid dienone is 1. The molecule has 2 aromatic rings. The number of aliphatic hydroxyl groups excluding tert-OH is 1. The Bertz CT molecular complexity index is 1610. The minimum Gasteiger partial charge on any atom is -0.455 e. The molecule has 12 heteroatoms. The van der Waals surface area contributed by atoms with Crippen LogP contribution in [0.1, 0.15) is 36.1 Å². The predicted octanol–water partition coefficient (Wildman–Crippen LogP) is 1.78. The third-order valence-electron chi connectivity index (χ3n) is 10.6. The zero-order valence-corrected chi connectivity index (χ0v) is 28.0. The number of fused-ring (bicyclic) bond motifs is 2. The van der Waals surface area contributed by atoms with Gasteiger partial charge in [-0.1, -0.05) is 85.0 Å². The molecule has 0 radical (unpaired) electrons. The zero-order chi connectivity index (χ0) is 34.7. The van der Waals surface area contributed by atoms with Crippen molar-refractivity contribution < 1.29 is 38.5 Å². The van der Waals surface area contributed by atoms with E-state index in [-0.39, 0.29) is 31.3 Å². The first kappa shape index (κ1) is 34.1. The Balaban J connectivity index is 1.29. The van der Waals surface area contributed by atoms with E-state index in [9.17, 15) is 19.5 Å². The normalized spacial score (nSPS) is 31.7. The van der Waals surface area contributed by atoms with E-state index in [4.69, 9.17) is 14.2 Å². The maximum Gasteiger partial charge on any atom is 0.313 e. The summed E-state index contributed by atoms with van der Waals surface area (Å²) in [5.41, 5.74) is -0.0891. The van der Waals surface area contributed by atoms with Crippen molar-refractivity contribution in [1.29, 1.82) is 0 Å². The Hall–Kier alpha value is -4.36. The second kappa shape index (κ2) is 14.9. The summed E-state index contributed by atoms with van der Waals surface area (Å²) in [5.74, 6) is -3.73. The molecule has 0 unspecified atom stereocenters. The maximum absolute atomic E-state index is 15.1. The summed E-state index contributed by atoms with van der Waals surface area (Å²) in [6.07, 6.45) is 6.36. The van der Waals surface area contributed by atoms with Crippen molar-refractivity contribution in [3.8, 4) is 0 Å². The van der Waals surface area contributed by atoms with Gasteiger partial charge in [0.05, 0.1) is 44.4 Å². The molecule has 2 aromatic carbocycles. The second-order valence-electron chi connectivity index (χ2n) is 13.4. The van der Waals surface area contributed by atoms with E-state index in [0.717, 1.165) is 13.1 Å². The van der Waals surface area contributed by atoms with Crippen LogP contribution in [0.15, 0.2) is 85.0 Å². The monoisotopic (exact) mass is 684 g/mol. The molecule has 5 bridgehead atoms. The SMILES string of the molecule is O=C1CC/C=C\CN(CCN2CCOCC2)C(=O)[C@@H]2N([C@H](CO)c3ccccc3)C(=O)[C@H]3[C@H](C(=O)O[C@H](c4ccccc4)CN1)[C@@H]1C=C[C@]23O1. The van der Waals surface area contributed by atoms with Crippen LogP contribution >= 0.6 is 0 Å². The lowest BCUT2D eigenvalue weighted by atomic mass is 9.74. The molecule has 12 nitrogen and oxygen atoms in total. The molecule has 3 amide bonds. The standard InChI is InChI=1S/C38H44N4O8/c43-25-28(26-10-4-1-5-11-26)42-34-36(46)41(19-18-40-20-22-48-23-21-40)17-9-3-8-14-31(44)39-24-30(27-12-6-2-7-13-27)49-37(47)32-29-15-16-38(34,50-29)33(32)35(42)45/h1-7,9-13,15-16,28-30,32-34,43H,8,14,17-25H2,(H,39,44)/b9-3-/t28-,29+,30+,32-,33-,34+,38-/m1/s1.